The van der Waals surface area contributed by atoms with Crippen LogP contribution in [0.4, 0.5) is 11.4 Å². The average Bonchev–Trinajstić information content (AvgIpc) is 2.37. The van der Waals surface area contributed by atoms with E-state index in [0.717, 1.165) is 0 Å². The Morgan fingerprint density at radius 3 is 2.35 bits per heavy atom. The van der Waals surface area contributed by atoms with Gasteiger partial charge >= 0.3 is 0 Å². The molecule has 0 bridgehead atoms. The molecule has 3 N–H and O–H groups in total. The molecule has 2 aromatic rings. The number of hydrogen-bond donors (Lipinski definition) is 2. The highest BCUT2D eigenvalue weighted by Crippen LogP contribution is 2.28. The van der Waals surface area contributed by atoms with Gasteiger partial charge in [0.25, 0.3) is 10.0 Å². The van der Waals surface area contributed by atoms with Crippen molar-refractivity contribution < 1.29 is 8.42 Å². The van der Waals surface area contributed by atoms with Gasteiger partial charge in [-0.25, -0.2) is 8.42 Å². The van der Waals surface area contributed by atoms with Crippen LogP contribution >= 0.6 is 43.5 Å². The number of benzene rings is 2. The van der Waals surface area contributed by atoms with Crippen molar-refractivity contribution in [3.05, 3.63) is 50.4 Å². The van der Waals surface area contributed by atoms with Crippen LogP contribution in [-0.4, -0.2) is 8.42 Å². The number of halogens is 3. The molecule has 0 saturated carbocycles. The molecule has 0 aliphatic heterocycles. The molecule has 8 heteroatoms. The van der Waals surface area contributed by atoms with E-state index in [1.807, 2.05) is 0 Å². The summed E-state index contributed by atoms with van der Waals surface area (Å²) in [6.45, 7) is 0. The fraction of sp³-hybridized carbons (Fsp3) is 0. The van der Waals surface area contributed by atoms with E-state index in [1.54, 1.807) is 24.3 Å². The maximum Gasteiger partial charge on any atom is 0.261 e. The summed E-state index contributed by atoms with van der Waals surface area (Å²) in [4.78, 5) is 0.0873. The Kier molecular flexibility index (Phi) is 4.63. The highest BCUT2D eigenvalue weighted by atomic mass is 79.9. The molecule has 2 aromatic carbocycles. The summed E-state index contributed by atoms with van der Waals surface area (Å²) in [6, 6.07) is 9.20. The van der Waals surface area contributed by atoms with E-state index in [4.69, 9.17) is 17.3 Å². The number of nitrogens with one attached hydrogen (secondary N) is 1. The summed E-state index contributed by atoms with van der Waals surface area (Å²) < 4.78 is 28.2. The standard InChI is InChI=1S/C12H9Br2ClN2O2S/c13-9-3-2-8(6-12(9)16)20(18,19)17-7-1-4-11(15)10(14)5-7/h1-6,17H,16H2. The lowest BCUT2D eigenvalue weighted by molar-refractivity contribution is 0.601. The van der Waals surface area contributed by atoms with Crippen LogP contribution in [0.15, 0.2) is 50.2 Å². The predicted molar refractivity (Wildman–Crippen MR) is 88.5 cm³/mol. The molecule has 0 spiro atoms. The molecule has 0 saturated heterocycles. The van der Waals surface area contributed by atoms with E-state index >= 15 is 0 Å². The first-order valence-corrected chi connectivity index (χ1v) is 8.77. The van der Waals surface area contributed by atoms with Crippen LogP contribution in [-0.2, 0) is 10.0 Å². The lowest BCUT2D eigenvalue weighted by Crippen LogP contribution is -2.13. The molecular formula is C12H9Br2ClN2O2S. The maximum atomic E-state index is 12.2. The zero-order valence-corrected chi connectivity index (χ0v) is 14.6. The Bertz CT molecular complexity index is 766. The second-order valence-electron chi connectivity index (χ2n) is 3.92. The third kappa shape index (κ3) is 3.46. The van der Waals surface area contributed by atoms with E-state index in [0.29, 0.717) is 25.3 Å². The Hall–Kier alpha value is -0.760. The van der Waals surface area contributed by atoms with E-state index in [-0.39, 0.29) is 4.90 Å². The lowest BCUT2D eigenvalue weighted by atomic mass is 10.3. The fourth-order valence-electron chi connectivity index (χ4n) is 1.46. The minimum absolute atomic E-state index is 0.0873. The van der Waals surface area contributed by atoms with Gasteiger partial charge in [0.2, 0.25) is 0 Å². The maximum absolute atomic E-state index is 12.2. The predicted octanol–water partition coefficient (Wildman–Crippen LogP) is 4.25. The smallest absolute Gasteiger partial charge is 0.261 e. The van der Waals surface area contributed by atoms with Gasteiger partial charge in [0.1, 0.15) is 0 Å². The SMILES string of the molecule is Nc1cc(S(=O)(=O)Nc2ccc(Cl)c(Br)c2)ccc1Br. The van der Waals surface area contributed by atoms with Crippen molar-refractivity contribution >= 4 is 64.9 Å². The van der Waals surface area contributed by atoms with Gasteiger partial charge in [0, 0.05) is 14.6 Å². The third-order valence-electron chi connectivity index (χ3n) is 2.45. The Morgan fingerprint density at radius 2 is 1.75 bits per heavy atom. The van der Waals surface area contributed by atoms with Crippen molar-refractivity contribution in [3.63, 3.8) is 0 Å². The number of nitrogen functional groups attached to an aromatic ring is 1. The number of hydrogen-bond acceptors (Lipinski definition) is 3. The Morgan fingerprint density at radius 1 is 1.05 bits per heavy atom. The summed E-state index contributed by atoms with van der Waals surface area (Å²) in [7, 11) is -3.70. The van der Waals surface area contributed by atoms with Crippen LogP contribution in [0.5, 0.6) is 0 Å². The van der Waals surface area contributed by atoms with Crippen molar-refractivity contribution in [2.24, 2.45) is 0 Å². The van der Waals surface area contributed by atoms with Gasteiger partial charge in [-0.15, -0.1) is 0 Å². The second-order valence-corrected chi connectivity index (χ2v) is 7.72. The Labute approximate surface area is 138 Å². The molecule has 0 aliphatic carbocycles. The van der Waals surface area contributed by atoms with E-state index in [1.165, 1.54) is 12.1 Å². The monoisotopic (exact) mass is 438 g/mol. The summed E-state index contributed by atoms with van der Waals surface area (Å²) in [6.07, 6.45) is 0. The molecule has 0 atom stereocenters. The normalized spacial score (nSPS) is 11.3. The van der Waals surface area contributed by atoms with Gasteiger partial charge in [-0.05, 0) is 68.3 Å². The molecule has 0 aliphatic rings. The van der Waals surface area contributed by atoms with E-state index in [9.17, 15) is 8.42 Å². The van der Waals surface area contributed by atoms with Crippen molar-refractivity contribution in [1.82, 2.24) is 0 Å². The number of rotatable bonds is 3. The molecule has 0 amide bonds. The van der Waals surface area contributed by atoms with Crippen LogP contribution in [0.3, 0.4) is 0 Å². The summed E-state index contributed by atoms with van der Waals surface area (Å²) in [5.74, 6) is 0. The molecule has 4 nitrogen and oxygen atoms in total. The number of nitrogens with two attached hydrogens (primary N) is 1. The topological polar surface area (TPSA) is 72.2 Å². The van der Waals surface area contributed by atoms with Crippen LogP contribution < -0.4 is 10.5 Å². The molecular weight excluding hydrogens is 431 g/mol. The zero-order valence-electron chi connectivity index (χ0n) is 9.90. The largest absolute Gasteiger partial charge is 0.398 e. The first-order chi connectivity index (χ1) is 9.29. The summed E-state index contributed by atoms with van der Waals surface area (Å²) >= 11 is 12.3. The highest BCUT2D eigenvalue weighted by Gasteiger charge is 2.15. The van der Waals surface area contributed by atoms with Gasteiger partial charge in [0.05, 0.1) is 15.6 Å². The van der Waals surface area contributed by atoms with Gasteiger partial charge in [0.15, 0.2) is 0 Å². The quantitative estimate of drug-likeness (QED) is 0.701. The minimum Gasteiger partial charge on any atom is -0.398 e. The van der Waals surface area contributed by atoms with E-state index < -0.39 is 10.0 Å². The molecule has 0 fully saturated rings. The molecule has 0 aromatic heterocycles. The van der Waals surface area contributed by atoms with Gasteiger partial charge in [-0.1, -0.05) is 11.6 Å². The van der Waals surface area contributed by atoms with Crippen LogP contribution in [0.1, 0.15) is 0 Å². The Balaban J connectivity index is 2.35. The number of anilines is 2. The zero-order chi connectivity index (χ0) is 14.9. The van der Waals surface area contributed by atoms with E-state index in [2.05, 4.69) is 36.6 Å². The van der Waals surface area contributed by atoms with Crippen molar-refractivity contribution in [1.29, 1.82) is 0 Å². The van der Waals surface area contributed by atoms with Gasteiger partial charge in [-0.2, -0.15) is 0 Å². The number of sulfonamides is 1. The van der Waals surface area contributed by atoms with Gasteiger partial charge < -0.3 is 5.73 Å². The van der Waals surface area contributed by atoms with Crippen molar-refractivity contribution in [2.45, 2.75) is 4.90 Å². The molecule has 2 rings (SSSR count). The molecule has 0 unspecified atom stereocenters. The lowest BCUT2D eigenvalue weighted by Gasteiger charge is -2.10. The highest BCUT2D eigenvalue weighted by molar-refractivity contribution is 9.11. The molecule has 0 heterocycles. The first kappa shape index (κ1) is 15.6. The molecule has 106 valence electrons. The fourth-order valence-corrected chi connectivity index (χ4v) is 3.29. The van der Waals surface area contributed by atoms with Crippen molar-refractivity contribution in [2.75, 3.05) is 10.5 Å². The third-order valence-corrected chi connectivity index (χ3v) is 5.76. The second kappa shape index (κ2) is 5.93. The summed E-state index contributed by atoms with van der Waals surface area (Å²) in [5.41, 5.74) is 6.45. The minimum atomic E-state index is -3.70. The summed E-state index contributed by atoms with van der Waals surface area (Å²) in [5, 5.41) is 0.501. The van der Waals surface area contributed by atoms with Gasteiger partial charge in [-0.3, -0.25) is 4.72 Å². The van der Waals surface area contributed by atoms with Crippen molar-refractivity contribution in [3.8, 4) is 0 Å². The molecule has 0 radical (unpaired) electrons. The van der Waals surface area contributed by atoms with Crippen LogP contribution in [0.25, 0.3) is 0 Å². The van der Waals surface area contributed by atoms with Crippen LogP contribution in [0.2, 0.25) is 5.02 Å². The first-order valence-electron chi connectivity index (χ1n) is 5.32. The van der Waals surface area contributed by atoms with Crippen LogP contribution in [0, 0.1) is 0 Å². The average molecular weight is 441 g/mol. The molecule has 20 heavy (non-hydrogen) atoms.